The van der Waals surface area contributed by atoms with Gasteiger partial charge in [-0.15, -0.1) is 0 Å². The van der Waals surface area contributed by atoms with Crippen molar-refractivity contribution in [3.63, 3.8) is 0 Å². The number of hydrogen-bond acceptors (Lipinski definition) is 3. The van der Waals surface area contributed by atoms with Gasteiger partial charge in [0.2, 0.25) is 0 Å². The summed E-state index contributed by atoms with van der Waals surface area (Å²) in [5.41, 5.74) is 2.20. The van der Waals surface area contributed by atoms with E-state index in [2.05, 4.69) is 0 Å². The van der Waals surface area contributed by atoms with Crippen LogP contribution in [0.25, 0.3) is 0 Å². The molecule has 0 bridgehead atoms. The molecule has 0 radical (unpaired) electrons. The number of nitro benzene ring substituents is 1. The fourth-order valence-corrected chi connectivity index (χ4v) is 1.98. The van der Waals surface area contributed by atoms with Crippen molar-refractivity contribution in [1.82, 2.24) is 0 Å². The van der Waals surface area contributed by atoms with E-state index in [4.69, 9.17) is 11.8 Å². The number of rotatable bonds is 1. The average Bonchev–Trinajstić information content (AvgIpc) is 2.17. The Morgan fingerprint density at radius 1 is 1.53 bits per heavy atom. The van der Waals surface area contributed by atoms with Gasteiger partial charge in [-0.25, -0.2) is 0 Å². The van der Waals surface area contributed by atoms with Gasteiger partial charge >= 0.3 is 0 Å². The highest BCUT2D eigenvalue weighted by Gasteiger charge is 2.23. The average molecular weight is 225 g/mol. The molecule has 0 atom stereocenters. The van der Waals surface area contributed by atoms with Gasteiger partial charge in [-0.1, -0.05) is 12.1 Å². The molecule has 0 aromatic heterocycles. The second-order valence-corrected chi connectivity index (χ2v) is 3.75. The smallest absolute Gasteiger partial charge is 0.261 e. The van der Waals surface area contributed by atoms with Crippen molar-refractivity contribution in [3.8, 4) is 0 Å². The van der Waals surface area contributed by atoms with Crippen LogP contribution in [0.2, 0.25) is 0 Å². The first-order valence-electron chi connectivity index (χ1n) is 4.50. The van der Waals surface area contributed by atoms with Crippen LogP contribution in [-0.4, -0.2) is 4.92 Å². The van der Waals surface area contributed by atoms with Crippen LogP contribution in [0.4, 0.5) is 11.4 Å². The Morgan fingerprint density at radius 3 is 2.93 bits per heavy atom. The molecule has 0 saturated carbocycles. The van der Waals surface area contributed by atoms with Crippen LogP contribution in [0.15, 0.2) is 24.4 Å². The molecule has 1 aliphatic heterocycles. The molecule has 1 heterocycles. The molecule has 1 aliphatic rings. The van der Waals surface area contributed by atoms with E-state index in [-0.39, 0.29) is 10.6 Å². The van der Waals surface area contributed by atoms with Gasteiger partial charge in [-0.3, -0.25) is 14.5 Å². The van der Waals surface area contributed by atoms with E-state index >= 15 is 0 Å². The van der Waals surface area contributed by atoms with Crippen LogP contribution in [0.3, 0.4) is 0 Å². The lowest BCUT2D eigenvalue weighted by atomic mass is 10.0. The monoisotopic (exact) mass is 224 g/mol. The molecule has 15 heavy (non-hydrogen) atoms. The highest BCUT2D eigenvalue weighted by molar-refractivity contribution is 6.27. The van der Waals surface area contributed by atoms with Crippen molar-refractivity contribution < 1.29 is 4.92 Å². The van der Waals surface area contributed by atoms with Crippen LogP contribution in [0.5, 0.6) is 0 Å². The molecule has 0 spiro atoms. The molecule has 4 nitrogen and oxygen atoms in total. The van der Waals surface area contributed by atoms with Crippen molar-refractivity contribution in [1.29, 1.82) is 0 Å². The van der Waals surface area contributed by atoms with E-state index in [1.54, 1.807) is 25.3 Å². The van der Waals surface area contributed by atoms with Crippen molar-refractivity contribution in [2.75, 3.05) is 4.42 Å². The van der Waals surface area contributed by atoms with Crippen LogP contribution in [0, 0.1) is 17.0 Å². The van der Waals surface area contributed by atoms with Gasteiger partial charge in [0.15, 0.2) is 0 Å². The third-order valence-electron chi connectivity index (χ3n) is 2.43. The summed E-state index contributed by atoms with van der Waals surface area (Å²) < 4.78 is 1.38. The molecule has 0 unspecified atom stereocenters. The molecule has 0 amide bonds. The lowest BCUT2D eigenvalue weighted by Crippen LogP contribution is -2.10. The molecule has 2 rings (SSSR count). The maximum Gasteiger partial charge on any atom is 0.277 e. The Morgan fingerprint density at radius 2 is 2.27 bits per heavy atom. The number of nitro groups is 1. The van der Waals surface area contributed by atoms with Gasteiger partial charge in [-0.2, -0.15) is 0 Å². The van der Waals surface area contributed by atoms with Crippen molar-refractivity contribution in [2.45, 2.75) is 13.3 Å². The molecule has 0 saturated heterocycles. The van der Waals surface area contributed by atoms with Crippen LogP contribution < -0.4 is 4.42 Å². The Balaban J connectivity index is 2.66. The third-order valence-corrected chi connectivity index (χ3v) is 2.73. The van der Waals surface area contributed by atoms with Gasteiger partial charge < -0.3 is 0 Å². The second kappa shape index (κ2) is 3.55. The zero-order valence-electron chi connectivity index (χ0n) is 8.11. The first kappa shape index (κ1) is 9.98. The summed E-state index contributed by atoms with van der Waals surface area (Å²) >= 11 is 5.90. The molecule has 1 aromatic rings. The number of allylic oxidation sites excluding steroid dienone is 1. The number of anilines is 1. The quantitative estimate of drug-likeness (QED) is 0.419. The number of aryl methyl sites for hydroxylation is 1. The first-order chi connectivity index (χ1) is 7.11. The van der Waals surface area contributed by atoms with E-state index < -0.39 is 0 Å². The van der Waals surface area contributed by atoms with E-state index in [0.717, 1.165) is 0 Å². The topological polar surface area (TPSA) is 46.4 Å². The Hall–Kier alpha value is -1.55. The molecule has 5 heteroatoms. The summed E-state index contributed by atoms with van der Waals surface area (Å²) in [6.45, 7) is 1.73. The van der Waals surface area contributed by atoms with Gasteiger partial charge in [0.1, 0.15) is 0 Å². The number of fused-ring (bicyclic) bond motifs is 1. The normalized spacial score (nSPS) is 13.9. The number of benzene rings is 1. The standard InChI is InChI=1S/C10H9ClN2O2/c1-7-4-5-9-8(10(7)13(14)15)3-2-6-12(9)11/h2,4-6H,3H2,1H3. The minimum Gasteiger partial charge on any atom is -0.261 e. The van der Waals surface area contributed by atoms with E-state index in [1.807, 2.05) is 6.08 Å². The first-order valence-corrected chi connectivity index (χ1v) is 4.83. The predicted molar refractivity (Wildman–Crippen MR) is 59.0 cm³/mol. The fraction of sp³-hybridized carbons (Fsp3) is 0.200. The van der Waals surface area contributed by atoms with E-state index in [9.17, 15) is 10.1 Å². The summed E-state index contributed by atoms with van der Waals surface area (Å²) in [4.78, 5) is 10.6. The molecular weight excluding hydrogens is 216 g/mol. The van der Waals surface area contributed by atoms with Crippen LogP contribution >= 0.6 is 11.8 Å². The maximum absolute atomic E-state index is 10.9. The summed E-state index contributed by atoms with van der Waals surface area (Å²) in [6.07, 6.45) is 4.06. The van der Waals surface area contributed by atoms with Gasteiger partial charge in [0.05, 0.1) is 16.2 Å². The summed E-state index contributed by atoms with van der Waals surface area (Å²) in [5, 5.41) is 10.9. The molecule has 1 aromatic carbocycles. The predicted octanol–water partition coefficient (Wildman–Crippen LogP) is 2.93. The SMILES string of the molecule is Cc1ccc2c(c1[N+](=O)[O-])CC=CN2Cl. The number of hydrogen-bond donors (Lipinski definition) is 0. The molecule has 0 aliphatic carbocycles. The molecule has 0 fully saturated rings. The molecular formula is C10H9ClN2O2. The second-order valence-electron chi connectivity index (χ2n) is 3.39. The van der Waals surface area contributed by atoms with Gasteiger partial charge in [-0.05, 0) is 13.0 Å². The minimum absolute atomic E-state index is 0.169. The third kappa shape index (κ3) is 1.57. The Kier molecular flexibility index (Phi) is 2.36. The van der Waals surface area contributed by atoms with Crippen molar-refractivity contribution >= 4 is 23.2 Å². The van der Waals surface area contributed by atoms with Gasteiger partial charge in [0, 0.05) is 30.0 Å². The van der Waals surface area contributed by atoms with Gasteiger partial charge in [0.25, 0.3) is 5.69 Å². The summed E-state index contributed by atoms with van der Waals surface area (Å²) in [6, 6.07) is 3.51. The van der Waals surface area contributed by atoms with Crippen LogP contribution in [-0.2, 0) is 6.42 Å². The largest absolute Gasteiger partial charge is 0.277 e. The number of nitrogens with zero attached hydrogens (tertiary/aromatic N) is 2. The highest BCUT2D eigenvalue weighted by atomic mass is 35.5. The lowest BCUT2D eigenvalue weighted by Gasteiger charge is -2.19. The number of halogens is 1. The van der Waals surface area contributed by atoms with E-state index in [0.29, 0.717) is 23.2 Å². The molecule has 0 N–H and O–H groups in total. The Labute approximate surface area is 92.0 Å². The lowest BCUT2D eigenvalue weighted by molar-refractivity contribution is -0.386. The maximum atomic E-state index is 10.9. The van der Waals surface area contributed by atoms with E-state index in [1.165, 1.54) is 4.42 Å². The summed E-state index contributed by atoms with van der Waals surface area (Å²) in [5.74, 6) is 0. The van der Waals surface area contributed by atoms with Crippen molar-refractivity contribution in [3.05, 3.63) is 45.6 Å². The zero-order chi connectivity index (χ0) is 11.0. The minimum atomic E-state index is -0.349. The van der Waals surface area contributed by atoms with Crippen LogP contribution in [0.1, 0.15) is 11.1 Å². The zero-order valence-corrected chi connectivity index (χ0v) is 8.86. The highest BCUT2D eigenvalue weighted by Crippen LogP contribution is 2.36. The fourth-order valence-electron chi connectivity index (χ4n) is 1.74. The van der Waals surface area contributed by atoms with Crippen molar-refractivity contribution in [2.24, 2.45) is 0 Å². The molecule has 78 valence electrons. The Bertz CT molecular complexity index is 457. The summed E-state index contributed by atoms with van der Waals surface area (Å²) in [7, 11) is 0.